The lowest BCUT2D eigenvalue weighted by atomic mass is 9.99. The number of hydrogen-bond donors (Lipinski definition) is 6. The Hall–Kier alpha value is -6.02. The molecule has 5 aromatic rings. The molecule has 0 aliphatic rings. The zero-order valence-corrected chi connectivity index (χ0v) is 23.8. The van der Waals surface area contributed by atoms with E-state index >= 15 is 0 Å². The molecule has 11 nitrogen and oxygen atoms in total. The number of aromatic nitrogens is 2. The van der Waals surface area contributed by atoms with Gasteiger partial charge in [0.15, 0.2) is 0 Å². The fraction of sp³-hybridized carbons (Fsp3) is 0.0938. The molecule has 0 fully saturated rings. The topological polar surface area (TPSA) is 191 Å². The summed E-state index contributed by atoms with van der Waals surface area (Å²) in [6, 6.07) is 26.4. The lowest BCUT2D eigenvalue weighted by molar-refractivity contribution is -0.192. The van der Waals surface area contributed by atoms with Gasteiger partial charge < -0.3 is 31.0 Å². The minimum Gasteiger partial charge on any atom is -0.478 e. The fourth-order valence-corrected chi connectivity index (χ4v) is 4.28. The van der Waals surface area contributed by atoms with E-state index in [0.717, 1.165) is 22.2 Å². The van der Waals surface area contributed by atoms with Crippen LogP contribution in [0.3, 0.4) is 0 Å². The first-order valence-electron chi connectivity index (χ1n) is 13.4. The Morgan fingerprint density at radius 1 is 0.891 bits per heavy atom. The lowest BCUT2D eigenvalue weighted by Crippen LogP contribution is -2.21. The van der Waals surface area contributed by atoms with E-state index in [2.05, 4.69) is 15.3 Å². The molecule has 1 heterocycles. The van der Waals surface area contributed by atoms with Crippen LogP contribution in [0.5, 0.6) is 0 Å². The van der Waals surface area contributed by atoms with E-state index in [4.69, 9.17) is 25.8 Å². The number of carboxylic acid groups (broad SMARTS) is 2. The third-order valence-corrected chi connectivity index (χ3v) is 6.45. The maximum absolute atomic E-state index is 12.9. The molecule has 5 rings (SSSR count). The summed E-state index contributed by atoms with van der Waals surface area (Å²) in [5, 5.41) is 27.0. The molecule has 1 aromatic heterocycles. The maximum atomic E-state index is 12.9. The normalized spacial score (nSPS) is 10.9. The maximum Gasteiger partial charge on any atom is 0.490 e. The average molecular weight is 634 g/mol. The fourth-order valence-electron chi connectivity index (χ4n) is 4.28. The Morgan fingerprint density at radius 2 is 1.52 bits per heavy atom. The van der Waals surface area contributed by atoms with Gasteiger partial charge in [-0.3, -0.25) is 10.2 Å². The second kappa shape index (κ2) is 14.2. The molecule has 0 radical (unpaired) electrons. The van der Waals surface area contributed by atoms with Gasteiger partial charge in [0, 0.05) is 16.8 Å². The van der Waals surface area contributed by atoms with Crippen molar-refractivity contribution in [3.63, 3.8) is 0 Å². The number of aromatic carboxylic acids is 1. The van der Waals surface area contributed by atoms with Crippen molar-refractivity contribution >= 4 is 40.4 Å². The molecule has 0 aliphatic carbocycles. The van der Waals surface area contributed by atoms with Crippen LogP contribution >= 0.6 is 0 Å². The molecule has 0 unspecified atom stereocenters. The highest BCUT2D eigenvalue weighted by Crippen LogP contribution is 2.27. The largest absolute Gasteiger partial charge is 0.490 e. The van der Waals surface area contributed by atoms with Gasteiger partial charge in [0.2, 0.25) is 0 Å². The van der Waals surface area contributed by atoms with E-state index in [0.29, 0.717) is 28.2 Å². The highest BCUT2D eigenvalue weighted by atomic mass is 19.4. The molecular weight excluding hydrogens is 607 g/mol. The number of imidazole rings is 1. The second-order valence-electron chi connectivity index (χ2n) is 9.66. The standard InChI is InChI=1S/C30H25N5O4.C2HF3O2/c31-28(32)18-9-12-21(13-10-18)33-29(36)23-7-2-1-5-20(23)16-39-17-27-34-25-14-11-19(15-26(25)35-27)22-6-3-4-8-24(22)30(37)38;3-2(4,5)1(6)7/h1-15H,16-17H2,(H3,31,32)(H,33,36)(H,34,35)(H,37,38);(H,6,7). The van der Waals surface area contributed by atoms with Crippen LogP contribution in [0.4, 0.5) is 18.9 Å². The number of carbonyl (C=O) groups excluding carboxylic acids is 1. The molecule has 236 valence electrons. The predicted octanol–water partition coefficient (Wildman–Crippen LogP) is 5.81. The van der Waals surface area contributed by atoms with Gasteiger partial charge in [0.25, 0.3) is 5.91 Å². The zero-order chi connectivity index (χ0) is 33.4. The van der Waals surface area contributed by atoms with Crippen LogP contribution in [0.2, 0.25) is 0 Å². The molecular formula is C32H26F3N5O6. The molecule has 0 atom stereocenters. The number of benzene rings is 4. The number of anilines is 1. The molecule has 46 heavy (non-hydrogen) atoms. The van der Waals surface area contributed by atoms with Crippen LogP contribution in [0, 0.1) is 5.41 Å². The molecule has 1 amide bonds. The minimum atomic E-state index is -5.08. The van der Waals surface area contributed by atoms with E-state index in [9.17, 15) is 27.9 Å². The van der Waals surface area contributed by atoms with Gasteiger partial charge in [-0.1, -0.05) is 42.5 Å². The van der Waals surface area contributed by atoms with E-state index in [-0.39, 0.29) is 30.5 Å². The summed E-state index contributed by atoms with van der Waals surface area (Å²) < 4.78 is 37.6. The van der Waals surface area contributed by atoms with Crippen LogP contribution in [0.15, 0.2) is 91.0 Å². The Kier molecular flexibility index (Phi) is 10.1. The molecule has 0 aliphatic heterocycles. The molecule has 0 saturated carbocycles. The van der Waals surface area contributed by atoms with Crippen LogP contribution in [0.1, 0.15) is 37.7 Å². The number of nitrogens with one attached hydrogen (secondary N) is 3. The van der Waals surface area contributed by atoms with Crippen molar-refractivity contribution in [1.82, 2.24) is 9.97 Å². The summed E-state index contributed by atoms with van der Waals surface area (Å²) in [5.74, 6) is -3.44. The number of halogens is 3. The van der Waals surface area contributed by atoms with Crippen molar-refractivity contribution in [2.24, 2.45) is 5.73 Å². The van der Waals surface area contributed by atoms with E-state index in [1.807, 2.05) is 30.3 Å². The predicted molar refractivity (Wildman–Crippen MR) is 163 cm³/mol. The van der Waals surface area contributed by atoms with E-state index in [1.54, 1.807) is 60.7 Å². The number of aromatic amines is 1. The van der Waals surface area contributed by atoms with E-state index in [1.165, 1.54) is 0 Å². The van der Waals surface area contributed by atoms with Crippen LogP contribution in [-0.2, 0) is 22.7 Å². The summed E-state index contributed by atoms with van der Waals surface area (Å²) in [5.41, 5.74) is 11.0. The van der Waals surface area contributed by atoms with Crippen molar-refractivity contribution in [2.45, 2.75) is 19.4 Å². The third-order valence-electron chi connectivity index (χ3n) is 6.45. The van der Waals surface area contributed by atoms with E-state index < -0.39 is 18.1 Å². The number of H-pyrrole nitrogens is 1. The summed E-state index contributed by atoms with van der Waals surface area (Å²) in [7, 11) is 0. The third kappa shape index (κ3) is 8.33. The van der Waals surface area contributed by atoms with Gasteiger partial charge in [0.05, 0.1) is 23.2 Å². The first kappa shape index (κ1) is 32.9. The smallest absolute Gasteiger partial charge is 0.478 e. The number of carbonyl (C=O) groups is 3. The number of ether oxygens (including phenoxy) is 1. The quantitative estimate of drug-likeness (QED) is 0.0864. The van der Waals surface area contributed by atoms with Gasteiger partial charge in [-0.2, -0.15) is 13.2 Å². The number of rotatable bonds is 9. The number of hydrogen-bond acceptors (Lipinski definition) is 6. The SMILES string of the molecule is N=C(N)c1ccc(NC(=O)c2ccccc2COCc2nc3ccc(-c4ccccc4C(=O)O)cc3[nH]2)cc1.O=C(O)C(F)(F)F. The summed E-state index contributed by atoms with van der Waals surface area (Å²) in [4.78, 5) is 41.2. The van der Waals surface area contributed by atoms with Crippen molar-refractivity contribution in [3.8, 4) is 11.1 Å². The van der Waals surface area contributed by atoms with Gasteiger partial charge in [-0.05, 0) is 65.2 Å². The van der Waals surface area contributed by atoms with Crippen molar-refractivity contribution in [3.05, 3.63) is 119 Å². The second-order valence-corrected chi connectivity index (χ2v) is 9.66. The Morgan fingerprint density at radius 3 is 2.15 bits per heavy atom. The lowest BCUT2D eigenvalue weighted by Gasteiger charge is -2.11. The van der Waals surface area contributed by atoms with Gasteiger partial charge in [-0.15, -0.1) is 0 Å². The molecule has 4 aromatic carbocycles. The number of amides is 1. The minimum absolute atomic E-state index is 0.0382. The monoisotopic (exact) mass is 633 g/mol. The number of carboxylic acids is 2. The summed E-state index contributed by atoms with van der Waals surface area (Å²) >= 11 is 0. The van der Waals surface area contributed by atoms with Crippen LogP contribution in [0.25, 0.3) is 22.2 Å². The molecule has 0 saturated heterocycles. The number of alkyl halides is 3. The van der Waals surface area contributed by atoms with Crippen molar-refractivity contribution in [1.29, 1.82) is 5.41 Å². The van der Waals surface area contributed by atoms with Crippen molar-refractivity contribution in [2.75, 3.05) is 5.32 Å². The number of nitrogens with two attached hydrogens (primary N) is 1. The number of nitrogens with zero attached hydrogens (tertiary/aromatic N) is 1. The zero-order valence-electron chi connectivity index (χ0n) is 23.8. The van der Waals surface area contributed by atoms with Gasteiger partial charge >= 0.3 is 18.1 Å². The van der Waals surface area contributed by atoms with Crippen LogP contribution in [-0.4, -0.2) is 50.0 Å². The summed E-state index contributed by atoms with van der Waals surface area (Å²) in [6.07, 6.45) is -5.08. The van der Waals surface area contributed by atoms with Crippen LogP contribution < -0.4 is 11.1 Å². The highest BCUT2D eigenvalue weighted by molar-refractivity contribution is 6.05. The molecule has 7 N–H and O–H groups in total. The molecule has 0 bridgehead atoms. The molecule has 14 heteroatoms. The van der Waals surface area contributed by atoms with Gasteiger partial charge in [0.1, 0.15) is 18.3 Å². The first-order valence-corrected chi connectivity index (χ1v) is 13.4. The Labute approximate surface area is 259 Å². The number of fused-ring (bicyclic) bond motifs is 1. The summed E-state index contributed by atoms with van der Waals surface area (Å²) in [6.45, 7) is 0.388. The first-order chi connectivity index (χ1) is 21.8. The average Bonchev–Trinajstić information content (AvgIpc) is 3.43. The Bertz CT molecular complexity index is 1900. The van der Waals surface area contributed by atoms with Gasteiger partial charge in [-0.25, -0.2) is 14.6 Å². The Balaban J connectivity index is 0.000000617. The number of amidine groups is 1. The number of nitrogen functional groups attached to an aromatic ring is 1. The van der Waals surface area contributed by atoms with Crippen molar-refractivity contribution < 1.29 is 42.5 Å². The number of aliphatic carboxylic acids is 1. The highest BCUT2D eigenvalue weighted by Gasteiger charge is 2.38. The molecule has 0 spiro atoms.